The van der Waals surface area contributed by atoms with Gasteiger partial charge in [-0.15, -0.1) is 17.0 Å². The summed E-state index contributed by atoms with van der Waals surface area (Å²) in [6, 6.07) is 16.6. The van der Waals surface area contributed by atoms with E-state index in [2.05, 4.69) is 62.2 Å². The number of ether oxygens (including phenoxy) is 1. The van der Waals surface area contributed by atoms with Crippen LogP contribution in [0.25, 0.3) is 0 Å². The van der Waals surface area contributed by atoms with Crippen molar-refractivity contribution in [1.82, 2.24) is 0 Å². The number of rotatable bonds is 19. The maximum Gasteiger partial charge on any atom is 0.224 e. The zero-order valence-corrected chi connectivity index (χ0v) is 28.4. The van der Waals surface area contributed by atoms with E-state index >= 15 is 0 Å². The van der Waals surface area contributed by atoms with Crippen LogP contribution in [-0.2, 0) is 17.8 Å². The molecule has 1 heterocycles. The average molecular weight is 640 g/mol. The van der Waals surface area contributed by atoms with Crippen molar-refractivity contribution < 1.29 is 9.53 Å². The molecular formula is C37H55BrN2O2. The molecule has 2 aromatic carbocycles. The number of benzene rings is 2. The Morgan fingerprint density at radius 3 is 2.14 bits per heavy atom. The molecule has 42 heavy (non-hydrogen) atoms. The van der Waals surface area contributed by atoms with Gasteiger partial charge in [-0.25, -0.2) is 0 Å². The van der Waals surface area contributed by atoms with Crippen LogP contribution in [0, 0.1) is 5.41 Å². The van der Waals surface area contributed by atoms with Gasteiger partial charge in [0.05, 0.1) is 13.2 Å². The summed E-state index contributed by atoms with van der Waals surface area (Å²) >= 11 is 0. The molecule has 232 valence electrons. The van der Waals surface area contributed by atoms with E-state index in [1.54, 1.807) is 6.92 Å². The predicted molar refractivity (Wildman–Crippen MR) is 186 cm³/mol. The molecule has 0 fully saturated rings. The molecule has 0 bridgehead atoms. The number of hydrogen-bond acceptors (Lipinski definition) is 3. The van der Waals surface area contributed by atoms with Gasteiger partial charge in [-0.05, 0) is 60.7 Å². The average Bonchev–Trinajstić information content (AvgIpc) is 2.94. The van der Waals surface area contributed by atoms with Gasteiger partial charge >= 0.3 is 0 Å². The summed E-state index contributed by atoms with van der Waals surface area (Å²) in [4.78, 5) is 19.1. The first-order valence-electron chi connectivity index (χ1n) is 16.2. The van der Waals surface area contributed by atoms with Crippen LogP contribution in [0.2, 0.25) is 0 Å². The van der Waals surface area contributed by atoms with Crippen LogP contribution in [0.4, 0.5) is 5.69 Å². The van der Waals surface area contributed by atoms with Crippen molar-refractivity contribution >= 4 is 34.8 Å². The number of anilines is 1. The maximum atomic E-state index is 12.7. The summed E-state index contributed by atoms with van der Waals surface area (Å²) in [5.74, 6) is 0.921. The number of dihydropyridines is 1. The van der Waals surface area contributed by atoms with Crippen molar-refractivity contribution in [3.63, 3.8) is 0 Å². The molecule has 4 nitrogen and oxygen atoms in total. The third kappa shape index (κ3) is 13.3. The lowest BCUT2D eigenvalue weighted by molar-refractivity contribution is -0.116. The van der Waals surface area contributed by atoms with E-state index in [0.29, 0.717) is 6.54 Å². The van der Waals surface area contributed by atoms with E-state index in [0.717, 1.165) is 43.0 Å². The van der Waals surface area contributed by atoms with Crippen LogP contribution in [-0.4, -0.2) is 25.3 Å². The maximum absolute atomic E-state index is 12.7. The zero-order valence-electron chi connectivity index (χ0n) is 26.7. The van der Waals surface area contributed by atoms with E-state index in [-0.39, 0.29) is 28.3 Å². The van der Waals surface area contributed by atoms with Crippen molar-refractivity contribution in [3.05, 3.63) is 71.3 Å². The summed E-state index contributed by atoms with van der Waals surface area (Å²) in [7, 11) is 0. The molecular weight excluding hydrogens is 584 g/mol. The number of hydrogen-bond donors (Lipinski definition) is 0. The van der Waals surface area contributed by atoms with Gasteiger partial charge in [0, 0.05) is 30.8 Å². The number of carbonyl (C=O) groups is 1. The second-order valence-corrected chi connectivity index (χ2v) is 12.3. The van der Waals surface area contributed by atoms with Crippen LogP contribution in [0.5, 0.6) is 5.75 Å². The van der Waals surface area contributed by atoms with Crippen LogP contribution < -0.4 is 9.64 Å². The Morgan fingerprint density at radius 2 is 1.50 bits per heavy atom. The molecule has 1 aliphatic rings. The third-order valence-corrected chi connectivity index (χ3v) is 8.04. The highest BCUT2D eigenvalue weighted by atomic mass is 79.9. The number of aliphatic imine (C=N–C) groups is 1. The topological polar surface area (TPSA) is 41.9 Å². The Labute approximate surface area is 266 Å². The summed E-state index contributed by atoms with van der Waals surface area (Å²) in [5.41, 5.74) is 4.43. The minimum atomic E-state index is -0.00225. The standard InChI is InChI=1S/C37H54N2O2.BrH/c1-5-6-7-8-9-10-11-12-13-14-15-16-23-41-36-22-18-20-34(25-36)29-39(32(3)40)35-21-17-19-33(24-35)27-37(4)26-31(2)28-38-30-37;/h17-22,24-26,28H,5-16,23,27,29-30H2,1-4H3;1H. The van der Waals surface area contributed by atoms with E-state index in [1.165, 1.54) is 81.8 Å². The van der Waals surface area contributed by atoms with Gasteiger partial charge in [-0.3, -0.25) is 9.79 Å². The number of amides is 1. The molecule has 0 radical (unpaired) electrons. The molecule has 0 N–H and O–H groups in total. The lowest BCUT2D eigenvalue weighted by Crippen LogP contribution is -2.28. The van der Waals surface area contributed by atoms with Crippen molar-refractivity contribution in [2.24, 2.45) is 10.4 Å². The largest absolute Gasteiger partial charge is 0.494 e. The highest BCUT2D eigenvalue weighted by Crippen LogP contribution is 2.30. The summed E-state index contributed by atoms with van der Waals surface area (Å²) in [6.45, 7) is 10.3. The summed E-state index contributed by atoms with van der Waals surface area (Å²) in [5, 5.41) is 0. The van der Waals surface area contributed by atoms with Crippen LogP contribution in [0.3, 0.4) is 0 Å². The van der Waals surface area contributed by atoms with Crippen molar-refractivity contribution in [2.45, 2.75) is 118 Å². The smallest absolute Gasteiger partial charge is 0.224 e. The van der Waals surface area contributed by atoms with E-state index in [1.807, 2.05) is 29.3 Å². The SMILES string of the molecule is Br.CCCCCCCCCCCCCCOc1cccc(CN(C(C)=O)c2cccc(CC3(C)C=C(C)C=NC3)c2)c1. The number of unbranched alkanes of at least 4 members (excludes halogenated alkanes) is 11. The molecule has 0 spiro atoms. The molecule has 2 aromatic rings. The first kappa shape index (κ1) is 35.8. The van der Waals surface area contributed by atoms with Crippen molar-refractivity contribution in [2.75, 3.05) is 18.1 Å². The molecule has 1 atom stereocenters. The van der Waals surface area contributed by atoms with Gasteiger partial charge in [-0.2, -0.15) is 0 Å². The monoisotopic (exact) mass is 638 g/mol. The third-order valence-electron chi connectivity index (χ3n) is 8.04. The normalized spacial score (nSPS) is 16.0. The second-order valence-electron chi connectivity index (χ2n) is 12.3. The van der Waals surface area contributed by atoms with Crippen LogP contribution in [0.15, 0.2) is 65.2 Å². The lowest BCUT2D eigenvalue weighted by Gasteiger charge is -2.28. The Bertz CT molecular complexity index is 1130. The van der Waals surface area contributed by atoms with Crippen molar-refractivity contribution in [1.29, 1.82) is 0 Å². The van der Waals surface area contributed by atoms with Gasteiger partial charge in [0.1, 0.15) is 5.75 Å². The highest BCUT2D eigenvalue weighted by molar-refractivity contribution is 8.93. The van der Waals surface area contributed by atoms with Crippen LogP contribution in [0.1, 0.15) is 116 Å². The van der Waals surface area contributed by atoms with E-state index in [9.17, 15) is 4.79 Å². The molecule has 1 unspecified atom stereocenters. The quantitative estimate of drug-likeness (QED) is 0.144. The minimum Gasteiger partial charge on any atom is -0.494 e. The zero-order chi connectivity index (χ0) is 29.3. The molecule has 1 amide bonds. The molecule has 0 saturated heterocycles. The Kier molecular flexibility index (Phi) is 16.8. The summed E-state index contributed by atoms with van der Waals surface area (Å²) in [6.07, 6.45) is 21.3. The lowest BCUT2D eigenvalue weighted by atomic mass is 9.81. The molecule has 5 heteroatoms. The fourth-order valence-corrected chi connectivity index (χ4v) is 5.87. The Hall–Kier alpha value is -2.40. The number of allylic oxidation sites excluding steroid dienone is 1. The molecule has 3 rings (SSSR count). The predicted octanol–water partition coefficient (Wildman–Crippen LogP) is 10.5. The minimum absolute atomic E-state index is 0. The molecule has 1 aliphatic heterocycles. The fraction of sp³-hybridized carbons (Fsp3) is 0.568. The highest BCUT2D eigenvalue weighted by Gasteiger charge is 2.24. The van der Waals surface area contributed by atoms with Gasteiger partial charge < -0.3 is 9.64 Å². The van der Waals surface area contributed by atoms with E-state index < -0.39 is 0 Å². The van der Waals surface area contributed by atoms with Gasteiger partial charge in [0.25, 0.3) is 0 Å². The second kappa shape index (κ2) is 19.7. The summed E-state index contributed by atoms with van der Waals surface area (Å²) < 4.78 is 6.09. The number of nitrogens with zero attached hydrogens (tertiary/aromatic N) is 2. The Balaban J connectivity index is 0.00000616. The molecule has 0 aromatic heterocycles. The number of halogens is 1. The first-order chi connectivity index (χ1) is 19.9. The number of carbonyl (C=O) groups excluding carboxylic acids is 1. The van der Waals surface area contributed by atoms with Crippen LogP contribution >= 0.6 is 17.0 Å². The van der Waals surface area contributed by atoms with E-state index in [4.69, 9.17) is 4.74 Å². The van der Waals surface area contributed by atoms with Gasteiger partial charge in [0.15, 0.2) is 0 Å². The Morgan fingerprint density at radius 1 is 0.881 bits per heavy atom. The van der Waals surface area contributed by atoms with Crippen molar-refractivity contribution in [3.8, 4) is 5.75 Å². The molecule has 0 aliphatic carbocycles. The van der Waals surface area contributed by atoms with Gasteiger partial charge in [0.2, 0.25) is 5.91 Å². The molecule has 0 saturated carbocycles. The fourth-order valence-electron chi connectivity index (χ4n) is 5.87. The first-order valence-corrected chi connectivity index (χ1v) is 16.2. The van der Waals surface area contributed by atoms with Gasteiger partial charge in [-0.1, -0.05) is 115 Å².